The van der Waals surface area contributed by atoms with Crippen molar-refractivity contribution in [2.24, 2.45) is 16.8 Å². The van der Waals surface area contributed by atoms with E-state index >= 15 is 0 Å². The molecule has 0 heterocycles. The molecule has 0 radical (unpaired) electrons. The Morgan fingerprint density at radius 2 is 1.91 bits per heavy atom. The van der Waals surface area contributed by atoms with Gasteiger partial charge < -0.3 is 10.6 Å². The van der Waals surface area contributed by atoms with Crippen LogP contribution in [0.1, 0.15) is 46.0 Å². The number of aliphatic imine (C=N–C) groups is 1. The van der Waals surface area contributed by atoms with Gasteiger partial charge in [-0.2, -0.15) is 0 Å². The lowest BCUT2D eigenvalue weighted by Crippen LogP contribution is -2.43. The highest BCUT2D eigenvalue weighted by molar-refractivity contribution is 7.89. The molecule has 0 amide bonds. The highest BCUT2D eigenvalue weighted by Crippen LogP contribution is 2.25. The van der Waals surface area contributed by atoms with Gasteiger partial charge >= 0.3 is 0 Å². The number of nitrogens with one attached hydrogen (secondary N) is 3. The molecule has 0 bridgehead atoms. The van der Waals surface area contributed by atoms with Crippen LogP contribution in [0, 0.1) is 11.8 Å². The lowest BCUT2D eigenvalue weighted by molar-refractivity contribution is 0.316. The highest BCUT2D eigenvalue weighted by atomic mass is 32.2. The average molecular weight is 333 g/mol. The van der Waals surface area contributed by atoms with Gasteiger partial charge in [0.05, 0.1) is 5.75 Å². The van der Waals surface area contributed by atoms with E-state index in [9.17, 15) is 8.42 Å². The molecule has 0 saturated heterocycles. The summed E-state index contributed by atoms with van der Waals surface area (Å²) in [5, 5.41) is 6.31. The molecular weight excluding hydrogens is 300 g/mol. The number of hydrogen-bond acceptors (Lipinski definition) is 3. The third-order valence-electron chi connectivity index (χ3n) is 4.42. The van der Waals surface area contributed by atoms with Crippen LogP contribution in [-0.2, 0) is 10.0 Å². The molecule has 1 aliphatic rings. The highest BCUT2D eigenvalue weighted by Gasteiger charge is 2.20. The number of nitrogens with zero attached hydrogens (tertiary/aromatic N) is 1. The molecule has 0 aliphatic heterocycles. The molecule has 0 atom stereocenters. The van der Waals surface area contributed by atoms with Crippen LogP contribution in [0.3, 0.4) is 0 Å². The number of guanidine groups is 1. The maximum Gasteiger partial charge on any atom is 0.213 e. The normalized spacial score (nSPS) is 16.6. The summed E-state index contributed by atoms with van der Waals surface area (Å²) < 4.78 is 26.5. The summed E-state index contributed by atoms with van der Waals surface area (Å²) >= 11 is 0. The zero-order valence-corrected chi connectivity index (χ0v) is 15.0. The van der Waals surface area contributed by atoms with Crippen LogP contribution in [0.4, 0.5) is 0 Å². The van der Waals surface area contributed by atoms with Gasteiger partial charge in [0.2, 0.25) is 10.0 Å². The predicted octanol–water partition coefficient (Wildman–Crippen LogP) is 1.31. The second-order valence-electron chi connectivity index (χ2n) is 6.03. The van der Waals surface area contributed by atoms with Crippen molar-refractivity contribution in [1.29, 1.82) is 0 Å². The van der Waals surface area contributed by atoms with E-state index in [0.717, 1.165) is 32.2 Å². The van der Waals surface area contributed by atoms with Gasteiger partial charge in [0.25, 0.3) is 0 Å². The molecule has 7 heteroatoms. The first-order valence-electron chi connectivity index (χ1n) is 8.42. The van der Waals surface area contributed by atoms with Gasteiger partial charge in [0, 0.05) is 26.7 Å². The molecule has 0 aromatic heterocycles. The first-order valence-corrected chi connectivity index (χ1v) is 10.1. The monoisotopic (exact) mass is 332 g/mol. The molecule has 1 rings (SSSR count). The van der Waals surface area contributed by atoms with Crippen molar-refractivity contribution >= 4 is 16.0 Å². The molecule has 22 heavy (non-hydrogen) atoms. The van der Waals surface area contributed by atoms with Gasteiger partial charge in [-0.15, -0.1) is 0 Å². The minimum Gasteiger partial charge on any atom is -0.356 e. The molecule has 1 saturated carbocycles. The largest absolute Gasteiger partial charge is 0.356 e. The van der Waals surface area contributed by atoms with Gasteiger partial charge in [0.1, 0.15) is 0 Å². The van der Waals surface area contributed by atoms with Crippen molar-refractivity contribution < 1.29 is 8.42 Å². The standard InChI is InChI=1S/C15H32N4O2S/c1-4-13(5-2)11-18-15(16-3)17-9-10-22(20,21)19-12-14-7-6-8-14/h13-14,19H,4-12H2,1-3H3,(H2,16,17,18). The van der Waals surface area contributed by atoms with E-state index in [4.69, 9.17) is 0 Å². The maximum absolute atomic E-state index is 11.9. The molecule has 1 fully saturated rings. The van der Waals surface area contributed by atoms with Crippen molar-refractivity contribution in [2.45, 2.75) is 46.0 Å². The smallest absolute Gasteiger partial charge is 0.213 e. The molecule has 1 aliphatic carbocycles. The molecule has 130 valence electrons. The lowest BCUT2D eigenvalue weighted by atomic mass is 9.86. The summed E-state index contributed by atoms with van der Waals surface area (Å²) in [6, 6.07) is 0. The van der Waals surface area contributed by atoms with Crippen molar-refractivity contribution in [3.05, 3.63) is 0 Å². The Bertz CT molecular complexity index is 429. The van der Waals surface area contributed by atoms with Gasteiger partial charge in [-0.25, -0.2) is 13.1 Å². The minimum atomic E-state index is -3.19. The lowest BCUT2D eigenvalue weighted by Gasteiger charge is -2.25. The van der Waals surface area contributed by atoms with E-state index in [1.807, 2.05) is 0 Å². The fraction of sp³-hybridized carbons (Fsp3) is 0.933. The predicted molar refractivity (Wildman–Crippen MR) is 92.6 cm³/mol. The SMILES string of the molecule is CCC(CC)CNC(=NC)NCCS(=O)(=O)NCC1CCC1. The average Bonchev–Trinajstić information content (AvgIpc) is 2.44. The van der Waals surface area contributed by atoms with E-state index < -0.39 is 10.0 Å². The third-order valence-corrected chi connectivity index (χ3v) is 5.76. The first-order chi connectivity index (χ1) is 10.5. The summed E-state index contributed by atoms with van der Waals surface area (Å²) in [7, 11) is -1.49. The second-order valence-corrected chi connectivity index (χ2v) is 7.95. The summed E-state index contributed by atoms with van der Waals surface area (Å²) in [6.45, 7) is 6.16. The van der Waals surface area contributed by atoms with Crippen molar-refractivity contribution in [3.8, 4) is 0 Å². The van der Waals surface area contributed by atoms with Gasteiger partial charge in [-0.1, -0.05) is 33.1 Å². The summed E-state index contributed by atoms with van der Waals surface area (Å²) in [5.41, 5.74) is 0. The Morgan fingerprint density at radius 1 is 1.23 bits per heavy atom. The Kier molecular flexibility index (Phi) is 8.78. The van der Waals surface area contributed by atoms with Crippen LogP contribution in [-0.4, -0.2) is 46.8 Å². The molecule has 0 aromatic rings. The van der Waals surface area contributed by atoms with Gasteiger partial charge in [0.15, 0.2) is 5.96 Å². The number of sulfonamides is 1. The number of hydrogen-bond donors (Lipinski definition) is 3. The summed E-state index contributed by atoms with van der Waals surface area (Å²) in [6.07, 6.45) is 5.77. The van der Waals surface area contributed by atoms with Crippen LogP contribution in [0.5, 0.6) is 0 Å². The Balaban J connectivity index is 2.21. The van der Waals surface area contributed by atoms with Crippen LogP contribution in [0.2, 0.25) is 0 Å². The maximum atomic E-state index is 11.9. The van der Waals surface area contributed by atoms with E-state index in [0.29, 0.717) is 30.9 Å². The first kappa shape index (κ1) is 19.2. The molecular formula is C15H32N4O2S. The van der Waals surface area contributed by atoms with Crippen LogP contribution in [0.15, 0.2) is 4.99 Å². The van der Waals surface area contributed by atoms with E-state index in [1.165, 1.54) is 6.42 Å². The second kappa shape index (κ2) is 10.0. The van der Waals surface area contributed by atoms with Crippen LogP contribution >= 0.6 is 0 Å². The van der Waals surface area contributed by atoms with E-state index in [2.05, 4.69) is 34.2 Å². The van der Waals surface area contributed by atoms with Crippen molar-refractivity contribution in [1.82, 2.24) is 15.4 Å². The van der Waals surface area contributed by atoms with Crippen molar-refractivity contribution in [2.75, 3.05) is 32.4 Å². The van der Waals surface area contributed by atoms with Gasteiger partial charge in [-0.3, -0.25) is 4.99 Å². The van der Waals surface area contributed by atoms with E-state index in [-0.39, 0.29) is 5.75 Å². The van der Waals surface area contributed by atoms with Crippen molar-refractivity contribution in [3.63, 3.8) is 0 Å². The Hall–Kier alpha value is -0.820. The zero-order valence-electron chi connectivity index (χ0n) is 14.2. The quantitative estimate of drug-likeness (QED) is 0.416. The molecule has 0 spiro atoms. The Morgan fingerprint density at radius 3 is 2.41 bits per heavy atom. The van der Waals surface area contributed by atoms with Crippen LogP contribution < -0.4 is 15.4 Å². The summed E-state index contributed by atoms with van der Waals surface area (Å²) in [4.78, 5) is 4.12. The summed E-state index contributed by atoms with van der Waals surface area (Å²) in [5.74, 6) is 1.90. The Labute approximate surface area is 135 Å². The van der Waals surface area contributed by atoms with Crippen LogP contribution in [0.25, 0.3) is 0 Å². The number of rotatable bonds is 10. The fourth-order valence-electron chi connectivity index (χ4n) is 2.36. The van der Waals surface area contributed by atoms with Gasteiger partial charge in [-0.05, 0) is 24.7 Å². The van der Waals surface area contributed by atoms with E-state index in [1.54, 1.807) is 7.05 Å². The third kappa shape index (κ3) is 7.45. The zero-order chi connectivity index (χ0) is 16.4. The molecule has 6 nitrogen and oxygen atoms in total. The topological polar surface area (TPSA) is 82.6 Å². The minimum absolute atomic E-state index is 0.0748. The molecule has 3 N–H and O–H groups in total. The molecule has 0 aromatic carbocycles. The molecule has 0 unspecified atom stereocenters. The fourth-order valence-corrected chi connectivity index (χ4v) is 3.36.